The zero-order valence-electron chi connectivity index (χ0n) is 17.8. The number of aryl methyl sites for hydroxylation is 1. The largest absolute Gasteiger partial charge is 0.443 e. The Labute approximate surface area is 197 Å². The summed E-state index contributed by atoms with van der Waals surface area (Å²) in [5.41, 5.74) is 1.50. The van der Waals surface area contributed by atoms with E-state index in [1.54, 1.807) is 6.92 Å². The third kappa shape index (κ3) is 5.29. The van der Waals surface area contributed by atoms with Crippen molar-refractivity contribution in [1.82, 2.24) is 20.5 Å². The molecule has 2 aromatic heterocycles. The number of nitrogens with zero attached hydrogens (tertiary/aromatic N) is 2. The first kappa shape index (κ1) is 23.1. The molecule has 0 saturated carbocycles. The minimum Gasteiger partial charge on any atom is -0.443 e. The molecule has 0 aliphatic carbocycles. The van der Waals surface area contributed by atoms with Gasteiger partial charge in [-0.2, -0.15) is 5.10 Å². The fourth-order valence-corrected chi connectivity index (χ4v) is 3.37. The number of anilines is 1. The Morgan fingerprint density at radius 3 is 2.59 bits per heavy atom. The number of carbonyl (C=O) groups is 2. The molecule has 8 nitrogen and oxygen atoms in total. The predicted octanol–water partition coefficient (Wildman–Crippen LogP) is 4.41. The lowest BCUT2D eigenvalue weighted by molar-refractivity contribution is 0.0942. The van der Waals surface area contributed by atoms with Gasteiger partial charge in [-0.25, -0.2) is 13.8 Å². The van der Waals surface area contributed by atoms with E-state index >= 15 is 0 Å². The van der Waals surface area contributed by atoms with Gasteiger partial charge in [0, 0.05) is 12.5 Å². The molecule has 0 aliphatic heterocycles. The summed E-state index contributed by atoms with van der Waals surface area (Å²) >= 11 is 5.80. The molecule has 0 radical (unpaired) electrons. The normalized spacial score (nSPS) is 10.8. The number of benzene rings is 2. The number of aromatic amines is 1. The smallest absolute Gasteiger partial charge is 0.269 e. The third-order valence-electron chi connectivity index (χ3n) is 4.86. The average Bonchev–Trinajstić information content (AvgIpc) is 3.41. The molecule has 0 atom stereocenters. The summed E-state index contributed by atoms with van der Waals surface area (Å²) in [6.45, 7) is 1.88. The van der Waals surface area contributed by atoms with E-state index in [1.807, 2.05) is 30.3 Å². The fourth-order valence-electron chi connectivity index (χ4n) is 3.14. The Kier molecular flexibility index (Phi) is 6.69. The van der Waals surface area contributed by atoms with Gasteiger partial charge < -0.3 is 15.1 Å². The van der Waals surface area contributed by atoms with Crippen LogP contribution in [0.3, 0.4) is 0 Å². The molecule has 2 aromatic carbocycles. The Morgan fingerprint density at radius 1 is 1.09 bits per heavy atom. The van der Waals surface area contributed by atoms with Crippen molar-refractivity contribution in [2.24, 2.45) is 0 Å². The van der Waals surface area contributed by atoms with Crippen LogP contribution in [0, 0.1) is 18.6 Å². The van der Waals surface area contributed by atoms with Crippen LogP contribution < -0.4 is 10.6 Å². The van der Waals surface area contributed by atoms with Gasteiger partial charge in [0.2, 0.25) is 0 Å². The summed E-state index contributed by atoms with van der Waals surface area (Å²) < 4.78 is 32.4. The van der Waals surface area contributed by atoms with Gasteiger partial charge in [-0.1, -0.05) is 41.9 Å². The molecule has 4 aromatic rings. The quantitative estimate of drug-likeness (QED) is 0.336. The number of H-pyrrole nitrogens is 1. The Balaban J connectivity index is 1.36. The molecular weight excluding hydrogens is 468 g/mol. The standard InChI is InChI=1S/C23H18ClF2N5O3/c1-12-19(34-21(28-12)7-13-5-3-2-4-6-13)11-27-23(33)18-10-20(31-30-18)29-22(32)14-8-16(25)17(26)9-15(14)24/h2-6,8-10H,7,11H2,1H3,(H,27,33)(H2,29,30,31,32). The Morgan fingerprint density at radius 2 is 1.82 bits per heavy atom. The van der Waals surface area contributed by atoms with Crippen LogP contribution in [0.5, 0.6) is 0 Å². The van der Waals surface area contributed by atoms with Gasteiger partial charge in [0.05, 0.1) is 22.8 Å². The summed E-state index contributed by atoms with van der Waals surface area (Å²) in [5, 5.41) is 11.1. The highest BCUT2D eigenvalue weighted by molar-refractivity contribution is 6.34. The molecule has 0 unspecified atom stereocenters. The van der Waals surface area contributed by atoms with Crippen LogP contribution in [-0.2, 0) is 13.0 Å². The second-order valence-electron chi connectivity index (χ2n) is 7.33. The molecule has 174 valence electrons. The maximum Gasteiger partial charge on any atom is 0.269 e. The number of aromatic nitrogens is 3. The fraction of sp³-hybridized carbons (Fsp3) is 0.130. The van der Waals surface area contributed by atoms with E-state index < -0.39 is 23.4 Å². The first-order chi connectivity index (χ1) is 16.3. The molecule has 0 fully saturated rings. The van der Waals surface area contributed by atoms with Gasteiger partial charge in [-0.3, -0.25) is 14.7 Å². The van der Waals surface area contributed by atoms with E-state index in [0.29, 0.717) is 35.9 Å². The molecule has 0 saturated heterocycles. The zero-order valence-corrected chi connectivity index (χ0v) is 18.5. The molecule has 0 aliphatic rings. The van der Waals surface area contributed by atoms with Crippen LogP contribution in [-0.4, -0.2) is 27.0 Å². The highest BCUT2D eigenvalue weighted by Crippen LogP contribution is 2.21. The van der Waals surface area contributed by atoms with E-state index in [4.69, 9.17) is 16.0 Å². The molecule has 2 amide bonds. The molecule has 11 heteroatoms. The van der Waals surface area contributed by atoms with Gasteiger partial charge >= 0.3 is 0 Å². The Hall–Kier alpha value is -4.05. The lowest BCUT2D eigenvalue weighted by Gasteiger charge is -2.05. The van der Waals surface area contributed by atoms with Crippen molar-refractivity contribution in [1.29, 1.82) is 0 Å². The monoisotopic (exact) mass is 485 g/mol. The zero-order chi connectivity index (χ0) is 24.2. The van der Waals surface area contributed by atoms with Crippen molar-refractivity contribution in [3.8, 4) is 0 Å². The SMILES string of the molecule is Cc1nc(Cc2ccccc2)oc1CNC(=O)c1cc(NC(=O)c2cc(F)c(F)cc2Cl)n[nH]1. The minimum atomic E-state index is -1.22. The van der Waals surface area contributed by atoms with Crippen LogP contribution in [0.25, 0.3) is 0 Å². The number of rotatable bonds is 7. The van der Waals surface area contributed by atoms with E-state index in [-0.39, 0.29) is 28.6 Å². The Bertz CT molecular complexity index is 1350. The van der Waals surface area contributed by atoms with Gasteiger partial charge in [-0.05, 0) is 24.6 Å². The van der Waals surface area contributed by atoms with E-state index in [2.05, 4.69) is 25.8 Å². The molecule has 4 rings (SSSR count). The van der Waals surface area contributed by atoms with Crippen LogP contribution in [0.15, 0.2) is 52.9 Å². The van der Waals surface area contributed by atoms with Crippen molar-refractivity contribution >= 4 is 29.2 Å². The highest BCUT2D eigenvalue weighted by atomic mass is 35.5. The highest BCUT2D eigenvalue weighted by Gasteiger charge is 2.18. The third-order valence-corrected chi connectivity index (χ3v) is 5.18. The molecule has 3 N–H and O–H groups in total. The molecular formula is C23H18ClF2N5O3. The number of oxazole rings is 1. The van der Waals surface area contributed by atoms with Crippen LogP contribution >= 0.6 is 11.6 Å². The maximum atomic E-state index is 13.4. The number of amides is 2. The maximum absolute atomic E-state index is 13.4. The molecule has 34 heavy (non-hydrogen) atoms. The van der Waals surface area contributed by atoms with E-state index in [0.717, 1.165) is 5.56 Å². The lowest BCUT2D eigenvalue weighted by atomic mass is 10.1. The second kappa shape index (κ2) is 9.84. The first-order valence-electron chi connectivity index (χ1n) is 10.1. The summed E-state index contributed by atoms with van der Waals surface area (Å²) in [6.07, 6.45) is 0.529. The topological polar surface area (TPSA) is 113 Å². The summed E-state index contributed by atoms with van der Waals surface area (Å²) in [4.78, 5) is 29.2. The molecule has 0 spiro atoms. The lowest BCUT2D eigenvalue weighted by Crippen LogP contribution is -2.23. The number of hydrogen-bond donors (Lipinski definition) is 3. The van der Waals surface area contributed by atoms with Gasteiger partial charge in [0.15, 0.2) is 23.3 Å². The number of nitrogens with one attached hydrogen (secondary N) is 3. The molecule has 0 bridgehead atoms. The van der Waals surface area contributed by atoms with Gasteiger partial charge in [0.25, 0.3) is 11.8 Å². The van der Waals surface area contributed by atoms with Gasteiger partial charge in [-0.15, -0.1) is 0 Å². The van der Waals surface area contributed by atoms with Crippen LogP contribution in [0.4, 0.5) is 14.6 Å². The minimum absolute atomic E-state index is 0.00283. The van der Waals surface area contributed by atoms with Crippen molar-refractivity contribution in [2.75, 3.05) is 5.32 Å². The average molecular weight is 486 g/mol. The van der Waals surface area contributed by atoms with E-state index in [9.17, 15) is 18.4 Å². The summed E-state index contributed by atoms with van der Waals surface area (Å²) in [5.74, 6) is -2.65. The second-order valence-corrected chi connectivity index (χ2v) is 7.74. The number of carbonyl (C=O) groups excluding carboxylic acids is 2. The van der Waals surface area contributed by atoms with Crippen LogP contribution in [0.1, 0.15) is 43.8 Å². The number of halogens is 3. The first-order valence-corrected chi connectivity index (χ1v) is 10.5. The predicted molar refractivity (Wildman–Crippen MR) is 120 cm³/mol. The van der Waals surface area contributed by atoms with Crippen molar-refractivity contribution in [3.05, 3.63) is 99.4 Å². The van der Waals surface area contributed by atoms with Crippen molar-refractivity contribution in [3.63, 3.8) is 0 Å². The van der Waals surface area contributed by atoms with Crippen molar-refractivity contribution < 1.29 is 22.8 Å². The van der Waals surface area contributed by atoms with E-state index in [1.165, 1.54) is 6.07 Å². The summed E-state index contributed by atoms with van der Waals surface area (Å²) in [7, 11) is 0. The van der Waals surface area contributed by atoms with Gasteiger partial charge in [0.1, 0.15) is 11.5 Å². The van der Waals surface area contributed by atoms with Crippen molar-refractivity contribution in [2.45, 2.75) is 19.9 Å². The van der Waals surface area contributed by atoms with Crippen LogP contribution in [0.2, 0.25) is 5.02 Å². The number of hydrogen-bond acceptors (Lipinski definition) is 5. The summed E-state index contributed by atoms with van der Waals surface area (Å²) in [6, 6.07) is 12.4. The molecule has 2 heterocycles.